The molecule has 146 valence electrons. The Morgan fingerprint density at radius 3 is 2.38 bits per heavy atom. The highest BCUT2D eigenvalue weighted by Gasteiger charge is 2.26. The minimum Gasteiger partial charge on any atom is -0.352 e. The smallest absolute Gasteiger partial charge is 0.292 e. The maximum atomic E-state index is 13.0. The van der Waals surface area contributed by atoms with Gasteiger partial charge in [0.05, 0.1) is 11.4 Å². The number of allylic oxidation sites excluding steroid dienone is 2. The first kappa shape index (κ1) is 19.3. The molecule has 1 aliphatic rings. The minimum atomic E-state index is -3.86. The van der Waals surface area contributed by atoms with E-state index in [0.717, 1.165) is 28.2 Å². The maximum absolute atomic E-state index is 13.0. The molecule has 29 heavy (non-hydrogen) atoms. The van der Waals surface area contributed by atoms with Crippen LogP contribution in [0.4, 0.5) is 5.69 Å². The minimum absolute atomic E-state index is 0.163. The number of anilines is 1. The van der Waals surface area contributed by atoms with Gasteiger partial charge in [-0.2, -0.15) is 12.8 Å². The number of hydrogen-bond donors (Lipinski definition) is 1. The molecule has 7 heteroatoms. The lowest BCUT2D eigenvalue weighted by Crippen LogP contribution is -2.22. The average molecular weight is 423 g/mol. The Balaban J connectivity index is 1.81. The molecule has 0 saturated carbocycles. The van der Waals surface area contributed by atoms with Crippen LogP contribution < -0.4 is 5.32 Å². The van der Waals surface area contributed by atoms with Crippen LogP contribution in [0.3, 0.4) is 0 Å². The Bertz CT molecular complexity index is 1270. The fourth-order valence-corrected chi connectivity index (χ4v) is 5.02. The summed E-state index contributed by atoms with van der Waals surface area (Å²) in [4.78, 5) is 13.0. The Morgan fingerprint density at radius 1 is 0.931 bits per heavy atom. The molecule has 0 fully saturated rings. The number of carbonyl (C=O) groups excluding carboxylic acids is 1. The summed E-state index contributed by atoms with van der Waals surface area (Å²) in [6, 6.07) is 15.9. The molecule has 5 nitrogen and oxygen atoms in total. The van der Waals surface area contributed by atoms with Crippen molar-refractivity contribution >= 4 is 38.5 Å². The molecule has 2 aromatic carbocycles. The van der Waals surface area contributed by atoms with E-state index >= 15 is 0 Å². The van der Waals surface area contributed by atoms with E-state index < -0.39 is 10.0 Å². The van der Waals surface area contributed by atoms with E-state index in [-0.39, 0.29) is 21.4 Å². The van der Waals surface area contributed by atoms with Crippen LogP contribution in [0.1, 0.15) is 27.0 Å². The first-order chi connectivity index (χ1) is 13.8. The van der Waals surface area contributed by atoms with Gasteiger partial charge in [0.25, 0.3) is 10.0 Å². The summed E-state index contributed by atoms with van der Waals surface area (Å²) >= 11 is 1.11. The summed E-state index contributed by atoms with van der Waals surface area (Å²) in [6.07, 6.45) is 1.50. The maximum Gasteiger partial charge on any atom is 0.292 e. The number of thiophene rings is 1. The highest BCUT2D eigenvalue weighted by atomic mass is 32.2. The second-order valence-corrected chi connectivity index (χ2v) is 9.52. The Kier molecular flexibility index (Phi) is 4.94. The SMILES string of the molecule is Cc1ccc(NC2=CC(=NS(=O)(=O)c3cccs3)c3ccccc3C2=O)cc1C. The van der Waals surface area contributed by atoms with Crippen molar-refractivity contribution in [1.82, 2.24) is 0 Å². The van der Waals surface area contributed by atoms with E-state index in [4.69, 9.17) is 0 Å². The van der Waals surface area contributed by atoms with Crippen molar-refractivity contribution in [3.63, 3.8) is 0 Å². The van der Waals surface area contributed by atoms with Crippen molar-refractivity contribution in [1.29, 1.82) is 0 Å². The predicted molar refractivity (Wildman–Crippen MR) is 116 cm³/mol. The molecule has 1 aromatic heterocycles. The van der Waals surface area contributed by atoms with Gasteiger partial charge in [-0.05, 0) is 54.6 Å². The summed E-state index contributed by atoms with van der Waals surface area (Å²) in [6.45, 7) is 4.01. The third kappa shape index (κ3) is 3.79. The molecule has 0 bridgehead atoms. The van der Waals surface area contributed by atoms with Crippen molar-refractivity contribution in [3.8, 4) is 0 Å². The molecule has 1 heterocycles. The zero-order valence-electron chi connectivity index (χ0n) is 15.8. The van der Waals surface area contributed by atoms with E-state index in [0.29, 0.717) is 11.1 Å². The van der Waals surface area contributed by atoms with Gasteiger partial charge in [-0.25, -0.2) is 0 Å². The van der Waals surface area contributed by atoms with Crippen LogP contribution in [-0.4, -0.2) is 19.9 Å². The van der Waals surface area contributed by atoms with Gasteiger partial charge in [0.2, 0.25) is 5.78 Å². The molecule has 0 saturated heterocycles. The van der Waals surface area contributed by atoms with Crippen molar-refractivity contribution < 1.29 is 13.2 Å². The summed E-state index contributed by atoms with van der Waals surface area (Å²) in [5.74, 6) is -0.203. The number of carbonyl (C=O) groups is 1. The van der Waals surface area contributed by atoms with Gasteiger partial charge in [-0.15, -0.1) is 11.3 Å². The van der Waals surface area contributed by atoms with Crippen molar-refractivity contribution in [3.05, 3.63) is 94.0 Å². The average Bonchev–Trinajstić information content (AvgIpc) is 3.24. The topological polar surface area (TPSA) is 75.6 Å². The lowest BCUT2D eigenvalue weighted by Gasteiger charge is -2.19. The first-order valence-electron chi connectivity index (χ1n) is 8.94. The lowest BCUT2D eigenvalue weighted by atomic mass is 9.92. The number of nitrogens with zero attached hydrogens (tertiary/aromatic N) is 1. The molecular weight excluding hydrogens is 404 g/mol. The highest BCUT2D eigenvalue weighted by molar-refractivity contribution is 7.92. The fourth-order valence-electron chi connectivity index (χ4n) is 3.06. The molecule has 3 aromatic rings. The van der Waals surface area contributed by atoms with Crippen LogP contribution in [0.5, 0.6) is 0 Å². The number of aryl methyl sites for hydroxylation is 2. The fraction of sp³-hybridized carbons (Fsp3) is 0.0909. The predicted octanol–water partition coefficient (Wildman–Crippen LogP) is 4.74. The largest absolute Gasteiger partial charge is 0.352 e. The van der Waals surface area contributed by atoms with Crippen LogP contribution in [0, 0.1) is 13.8 Å². The third-order valence-electron chi connectivity index (χ3n) is 4.73. The number of benzene rings is 2. The normalized spacial score (nSPS) is 15.2. The molecule has 0 amide bonds. The molecule has 0 atom stereocenters. The quantitative estimate of drug-likeness (QED) is 0.659. The molecular formula is C22H18N2O3S2. The van der Waals surface area contributed by atoms with Crippen molar-refractivity contribution in [2.45, 2.75) is 18.1 Å². The second kappa shape index (κ2) is 7.42. The second-order valence-electron chi connectivity index (χ2n) is 6.74. The molecule has 0 unspecified atom stereocenters. The van der Waals surface area contributed by atoms with E-state index in [1.807, 2.05) is 32.0 Å². The summed E-state index contributed by atoms with van der Waals surface area (Å²) < 4.78 is 29.6. The van der Waals surface area contributed by atoms with Crippen LogP contribution in [-0.2, 0) is 10.0 Å². The Hall–Kier alpha value is -3.03. The Morgan fingerprint density at radius 2 is 1.69 bits per heavy atom. The summed E-state index contributed by atoms with van der Waals surface area (Å²) in [5.41, 5.74) is 4.44. The first-order valence-corrected chi connectivity index (χ1v) is 11.3. The number of nitrogens with one attached hydrogen (secondary N) is 1. The van der Waals surface area contributed by atoms with E-state index in [1.165, 1.54) is 12.1 Å². The van der Waals surface area contributed by atoms with E-state index in [2.05, 4.69) is 9.71 Å². The number of Topliss-reactive ketones (excluding diaryl/α,β-unsaturated/α-hetero) is 1. The third-order valence-corrected chi connectivity index (χ3v) is 7.39. The zero-order valence-corrected chi connectivity index (χ0v) is 17.5. The van der Waals surface area contributed by atoms with Crippen LogP contribution >= 0.6 is 11.3 Å². The molecule has 0 radical (unpaired) electrons. The van der Waals surface area contributed by atoms with Crippen LogP contribution in [0.2, 0.25) is 0 Å². The number of fused-ring (bicyclic) bond motifs is 1. The van der Waals surface area contributed by atoms with Gasteiger partial charge in [0.15, 0.2) is 0 Å². The number of sulfonamides is 1. The lowest BCUT2D eigenvalue weighted by molar-refractivity contribution is 0.103. The summed E-state index contributed by atoms with van der Waals surface area (Å²) in [7, 11) is -3.86. The van der Waals surface area contributed by atoms with Crippen molar-refractivity contribution in [2.24, 2.45) is 4.40 Å². The van der Waals surface area contributed by atoms with Gasteiger partial charge < -0.3 is 5.32 Å². The highest BCUT2D eigenvalue weighted by Crippen LogP contribution is 2.26. The zero-order chi connectivity index (χ0) is 20.6. The number of ketones is 1. The number of hydrogen-bond acceptors (Lipinski definition) is 5. The van der Waals surface area contributed by atoms with Gasteiger partial charge in [-0.1, -0.05) is 36.4 Å². The standard InChI is InChI=1S/C22H18N2O3S2/c1-14-9-10-16(12-15(14)2)23-20-13-19(17-6-3-4-7-18(17)22(20)25)24-29(26,27)21-8-5-11-28-21/h3-13,23H,1-2H3. The molecule has 0 aliphatic heterocycles. The van der Waals surface area contributed by atoms with Gasteiger partial charge in [0, 0.05) is 16.8 Å². The Labute approximate surface area is 173 Å². The van der Waals surface area contributed by atoms with Crippen LogP contribution in [0.25, 0.3) is 0 Å². The van der Waals surface area contributed by atoms with Gasteiger partial charge in [0.1, 0.15) is 4.21 Å². The molecule has 0 spiro atoms. The number of rotatable bonds is 4. The van der Waals surface area contributed by atoms with Crippen molar-refractivity contribution in [2.75, 3.05) is 5.32 Å². The molecule has 4 rings (SSSR count). The van der Waals surface area contributed by atoms with Gasteiger partial charge >= 0.3 is 0 Å². The van der Waals surface area contributed by atoms with E-state index in [9.17, 15) is 13.2 Å². The summed E-state index contributed by atoms with van der Waals surface area (Å²) in [5, 5.41) is 4.82. The molecule has 1 N–H and O–H groups in total. The van der Waals surface area contributed by atoms with Gasteiger partial charge in [-0.3, -0.25) is 4.79 Å². The van der Waals surface area contributed by atoms with Crippen LogP contribution in [0.15, 0.2) is 80.4 Å². The monoisotopic (exact) mass is 422 g/mol. The van der Waals surface area contributed by atoms with E-state index in [1.54, 1.807) is 35.7 Å². The molecule has 1 aliphatic carbocycles.